The summed E-state index contributed by atoms with van der Waals surface area (Å²) < 4.78 is 0. The van der Waals surface area contributed by atoms with Crippen LogP contribution in [0.1, 0.15) is 53.4 Å². The van der Waals surface area contributed by atoms with Crippen LogP contribution in [0.2, 0.25) is 0 Å². The second-order valence-electron chi connectivity index (χ2n) is 7.26. The zero-order valence-electron chi connectivity index (χ0n) is 11.8. The Morgan fingerprint density at radius 2 is 1.59 bits per heavy atom. The van der Waals surface area contributed by atoms with Crippen molar-refractivity contribution in [3.63, 3.8) is 0 Å². The predicted octanol–water partition coefficient (Wildman–Crippen LogP) is 3.32. The fraction of sp³-hybridized carbons (Fsp3) is 0.933. The molecule has 0 aromatic rings. The highest BCUT2D eigenvalue weighted by Crippen LogP contribution is 2.40. The van der Waals surface area contributed by atoms with Gasteiger partial charge in [0.15, 0.2) is 0 Å². The van der Waals surface area contributed by atoms with Crippen molar-refractivity contribution in [2.75, 3.05) is 13.1 Å². The molecule has 1 heterocycles. The smallest absolute Gasteiger partial charge is 0.225 e. The van der Waals surface area contributed by atoms with Gasteiger partial charge in [-0.15, -0.1) is 0 Å². The molecule has 0 aromatic heterocycles. The Balaban J connectivity index is 1.81. The minimum atomic E-state index is 0.334. The van der Waals surface area contributed by atoms with Gasteiger partial charge >= 0.3 is 0 Å². The molecule has 0 unspecified atom stereocenters. The van der Waals surface area contributed by atoms with Crippen LogP contribution >= 0.6 is 0 Å². The molecule has 1 aliphatic carbocycles. The Labute approximate surface area is 106 Å². The maximum atomic E-state index is 12.2. The molecule has 0 bridgehead atoms. The van der Waals surface area contributed by atoms with Crippen LogP contribution < -0.4 is 0 Å². The molecule has 2 aliphatic rings. The van der Waals surface area contributed by atoms with Crippen molar-refractivity contribution in [2.45, 2.75) is 53.4 Å². The number of nitrogens with zero attached hydrogens (tertiary/aromatic N) is 1. The van der Waals surface area contributed by atoms with Crippen molar-refractivity contribution >= 4 is 5.91 Å². The van der Waals surface area contributed by atoms with Crippen molar-refractivity contribution in [3.05, 3.63) is 0 Å². The lowest BCUT2D eigenvalue weighted by Gasteiger charge is -2.42. The Morgan fingerprint density at radius 3 is 2.00 bits per heavy atom. The van der Waals surface area contributed by atoms with Crippen molar-refractivity contribution < 1.29 is 4.79 Å². The lowest BCUT2D eigenvalue weighted by atomic mass is 9.69. The molecule has 1 saturated heterocycles. The summed E-state index contributed by atoms with van der Waals surface area (Å²) in [7, 11) is 0. The lowest BCUT2D eigenvalue weighted by Crippen LogP contribution is -2.51. The van der Waals surface area contributed by atoms with E-state index in [4.69, 9.17) is 0 Å². The minimum absolute atomic E-state index is 0.334. The monoisotopic (exact) mass is 237 g/mol. The predicted molar refractivity (Wildman–Crippen MR) is 70.6 cm³/mol. The minimum Gasteiger partial charge on any atom is -0.342 e. The Kier molecular flexibility index (Phi) is 3.51. The number of hydrogen-bond acceptors (Lipinski definition) is 1. The van der Waals surface area contributed by atoms with Crippen LogP contribution in [0.5, 0.6) is 0 Å². The molecule has 1 aliphatic heterocycles. The first-order chi connectivity index (χ1) is 7.88. The van der Waals surface area contributed by atoms with Gasteiger partial charge < -0.3 is 4.90 Å². The van der Waals surface area contributed by atoms with E-state index in [2.05, 4.69) is 32.6 Å². The summed E-state index contributed by atoms with van der Waals surface area (Å²) in [5, 5.41) is 0. The van der Waals surface area contributed by atoms with E-state index < -0.39 is 0 Å². The summed E-state index contributed by atoms with van der Waals surface area (Å²) in [6, 6.07) is 0. The highest BCUT2D eigenvalue weighted by atomic mass is 16.2. The lowest BCUT2D eigenvalue weighted by molar-refractivity contribution is -0.143. The van der Waals surface area contributed by atoms with Gasteiger partial charge in [-0.05, 0) is 42.9 Å². The van der Waals surface area contributed by atoms with E-state index in [9.17, 15) is 4.79 Å². The SMILES string of the molecule is CC1CN(C(=O)C2CCC(C(C)(C)C)CC2)C1. The number of carbonyl (C=O) groups is 1. The zero-order chi connectivity index (χ0) is 12.6. The van der Waals surface area contributed by atoms with Crippen molar-refractivity contribution in [1.82, 2.24) is 4.90 Å². The molecule has 0 N–H and O–H groups in total. The average Bonchev–Trinajstić information content (AvgIpc) is 2.23. The number of rotatable bonds is 1. The number of likely N-dealkylation sites (tertiary alicyclic amines) is 1. The third-order valence-electron chi connectivity index (χ3n) is 4.68. The van der Waals surface area contributed by atoms with Gasteiger partial charge in [0.25, 0.3) is 0 Å². The summed E-state index contributed by atoms with van der Waals surface area (Å²) >= 11 is 0. The van der Waals surface area contributed by atoms with Crippen LogP contribution in [0.25, 0.3) is 0 Å². The Hall–Kier alpha value is -0.530. The third-order valence-corrected chi connectivity index (χ3v) is 4.68. The van der Waals surface area contributed by atoms with E-state index in [1.165, 1.54) is 12.8 Å². The fourth-order valence-electron chi connectivity index (χ4n) is 3.34. The first-order valence-electron chi connectivity index (χ1n) is 7.16. The molecular formula is C15H27NO. The first-order valence-corrected chi connectivity index (χ1v) is 7.16. The zero-order valence-corrected chi connectivity index (χ0v) is 11.8. The van der Waals surface area contributed by atoms with Crippen molar-refractivity contribution in [2.24, 2.45) is 23.2 Å². The molecule has 2 nitrogen and oxygen atoms in total. The molecule has 0 radical (unpaired) electrons. The van der Waals surface area contributed by atoms with Crippen LogP contribution in [0.4, 0.5) is 0 Å². The molecule has 1 saturated carbocycles. The summed E-state index contributed by atoms with van der Waals surface area (Å²) in [6.45, 7) is 11.2. The molecular weight excluding hydrogens is 210 g/mol. The van der Waals surface area contributed by atoms with Crippen LogP contribution in [-0.4, -0.2) is 23.9 Å². The van der Waals surface area contributed by atoms with Crippen molar-refractivity contribution in [1.29, 1.82) is 0 Å². The molecule has 2 heteroatoms. The molecule has 98 valence electrons. The van der Waals surface area contributed by atoms with Gasteiger partial charge in [-0.1, -0.05) is 27.7 Å². The van der Waals surface area contributed by atoms with E-state index in [1.807, 2.05) is 0 Å². The van der Waals surface area contributed by atoms with Gasteiger partial charge in [-0.25, -0.2) is 0 Å². The second-order valence-corrected chi connectivity index (χ2v) is 7.26. The van der Waals surface area contributed by atoms with Crippen LogP contribution in [0, 0.1) is 23.2 Å². The van der Waals surface area contributed by atoms with E-state index in [0.717, 1.165) is 37.8 Å². The van der Waals surface area contributed by atoms with Crippen LogP contribution in [0.3, 0.4) is 0 Å². The molecule has 2 rings (SSSR count). The fourth-order valence-corrected chi connectivity index (χ4v) is 3.34. The Bertz CT molecular complexity index is 278. The number of amides is 1. The molecule has 2 fully saturated rings. The van der Waals surface area contributed by atoms with Crippen LogP contribution in [-0.2, 0) is 4.79 Å². The standard InChI is InChI=1S/C15H27NO/c1-11-9-16(10-11)14(17)12-5-7-13(8-6-12)15(2,3)4/h11-13H,5-10H2,1-4H3. The topological polar surface area (TPSA) is 20.3 Å². The maximum Gasteiger partial charge on any atom is 0.225 e. The largest absolute Gasteiger partial charge is 0.342 e. The van der Waals surface area contributed by atoms with Gasteiger partial charge in [-0.3, -0.25) is 4.79 Å². The van der Waals surface area contributed by atoms with E-state index in [0.29, 0.717) is 17.2 Å². The van der Waals surface area contributed by atoms with Gasteiger partial charge in [0.2, 0.25) is 5.91 Å². The third kappa shape index (κ3) is 2.83. The highest BCUT2D eigenvalue weighted by molar-refractivity contribution is 5.79. The molecule has 1 amide bonds. The Morgan fingerprint density at radius 1 is 1.06 bits per heavy atom. The molecule has 0 atom stereocenters. The molecule has 0 spiro atoms. The van der Waals surface area contributed by atoms with Gasteiger partial charge in [-0.2, -0.15) is 0 Å². The quantitative estimate of drug-likeness (QED) is 0.685. The summed E-state index contributed by atoms with van der Waals surface area (Å²) in [6.07, 6.45) is 4.71. The van der Waals surface area contributed by atoms with Crippen molar-refractivity contribution in [3.8, 4) is 0 Å². The normalized spacial score (nSPS) is 31.2. The number of carbonyl (C=O) groups excluding carboxylic acids is 1. The highest BCUT2D eigenvalue weighted by Gasteiger charge is 2.36. The number of hydrogen-bond donors (Lipinski definition) is 0. The van der Waals surface area contributed by atoms with Gasteiger partial charge in [0.1, 0.15) is 0 Å². The van der Waals surface area contributed by atoms with E-state index in [1.54, 1.807) is 0 Å². The second kappa shape index (κ2) is 4.62. The van der Waals surface area contributed by atoms with E-state index in [-0.39, 0.29) is 0 Å². The average molecular weight is 237 g/mol. The van der Waals surface area contributed by atoms with Gasteiger partial charge in [0.05, 0.1) is 0 Å². The van der Waals surface area contributed by atoms with E-state index >= 15 is 0 Å². The summed E-state index contributed by atoms with van der Waals surface area (Å²) in [5.74, 6) is 2.31. The van der Waals surface area contributed by atoms with Gasteiger partial charge in [0, 0.05) is 19.0 Å². The molecule has 17 heavy (non-hydrogen) atoms. The summed E-state index contributed by atoms with van der Waals surface area (Å²) in [4.78, 5) is 14.3. The first kappa shape index (κ1) is 12.9. The van der Waals surface area contributed by atoms with Crippen LogP contribution in [0.15, 0.2) is 0 Å². The summed E-state index contributed by atoms with van der Waals surface area (Å²) in [5.41, 5.74) is 0.416. The maximum absolute atomic E-state index is 12.2. The molecule has 0 aromatic carbocycles.